The average molecular weight is 459 g/mol. The second-order valence-electron chi connectivity index (χ2n) is 8.61. The topological polar surface area (TPSA) is 43.4 Å². The highest BCUT2D eigenvalue weighted by Crippen LogP contribution is 2.34. The number of carbonyl (C=O) groups excluding carboxylic acids is 2. The van der Waals surface area contributed by atoms with E-state index in [9.17, 15) is 9.59 Å². The fourth-order valence-corrected chi connectivity index (χ4v) is 3.66. The van der Waals surface area contributed by atoms with Crippen LogP contribution in [-0.2, 0) is 14.9 Å². The van der Waals surface area contributed by atoms with Crippen LogP contribution in [0.15, 0.2) is 54.6 Å². The van der Waals surface area contributed by atoms with E-state index in [1.165, 1.54) is 0 Å². The number of hydrogen-bond acceptors (Lipinski definition) is 3. The van der Waals surface area contributed by atoms with Crippen molar-refractivity contribution in [3.63, 3.8) is 0 Å². The molecule has 0 amide bonds. The summed E-state index contributed by atoms with van der Waals surface area (Å²) in [6.45, 7) is 7.57. The monoisotopic (exact) mass is 458 g/mol. The number of esters is 1. The number of unbranched alkanes of at least 4 members (excludes halogenated alkanes) is 2. The highest BCUT2D eigenvalue weighted by molar-refractivity contribution is 9.09. The van der Waals surface area contributed by atoms with Crippen LogP contribution in [0, 0.1) is 0 Å². The zero-order valence-electron chi connectivity index (χ0n) is 17.8. The summed E-state index contributed by atoms with van der Waals surface area (Å²) >= 11 is 3.46. The third kappa shape index (κ3) is 6.53. The van der Waals surface area contributed by atoms with Gasteiger partial charge in [-0.05, 0) is 52.2 Å². The van der Waals surface area contributed by atoms with Crippen LogP contribution in [0.2, 0.25) is 0 Å². The first kappa shape index (κ1) is 23.3. The zero-order valence-corrected chi connectivity index (χ0v) is 19.4. The van der Waals surface area contributed by atoms with Gasteiger partial charge in [-0.15, -0.1) is 0 Å². The van der Waals surface area contributed by atoms with E-state index in [2.05, 4.69) is 15.9 Å². The Bertz CT molecular complexity index is 823. The van der Waals surface area contributed by atoms with E-state index in [0.29, 0.717) is 17.5 Å². The molecule has 1 atom stereocenters. The molecule has 1 unspecified atom stereocenters. The molecule has 0 radical (unpaired) electrons. The van der Waals surface area contributed by atoms with Crippen molar-refractivity contribution in [1.29, 1.82) is 0 Å². The van der Waals surface area contributed by atoms with Crippen molar-refractivity contribution >= 4 is 27.7 Å². The van der Waals surface area contributed by atoms with Gasteiger partial charge in [0, 0.05) is 16.5 Å². The van der Waals surface area contributed by atoms with Gasteiger partial charge in [0.15, 0.2) is 5.78 Å². The normalized spacial score (nSPS) is 13.6. The summed E-state index contributed by atoms with van der Waals surface area (Å²) in [6, 6.07) is 16.6. The molecule has 0 aliphatic heterocycles. The number of ether oxygens (including phenoxy) is 1. The second kappa shape index (κ2) is 10.2. The number of ketones is 1. The zero-order chi connectivity index (χ0) is 21.5. The lowest BCUT2D eigenvalue weighted by atomic mass is 9.77. The van der Waals surface area contributed by atoms with Crippen LogP contribution in [-0.4, -0.2) is 22.7 Å². The van der Waals surface area contributed by atoms with Gasteiger partial charge in [-0.3, -0.25) is 9.59 Å². The highest BCUT2D eigenvalue weighted by atomic mass is 79.9. The van der Waals surface area contributed by atoms with Gasteiger partial charge in [0.05, 0.1) is 5.41 Å². The van der Waals surface area contributed by atoms with Crippen molar-refractivity contribution in [2.75, 3.05) is 5.33 Å². The third-order valence-corrected chi connectivity index (χ3v) is 5.52. The largest absolute Gasteiger partial charge is 0.459 e. The average Bonchev–Trinajstić information content (AvgIpc) is 2.70. The van der Waals surface area contributed by atoms with Crippen LogP contribution >= 0.6 is 15.9 Å². The maximum Gasteiger partial charge on any atom is 0.316 e. The van der Waals surface area contributed by atoms with E-state index >= 15 is 0 Å². The Morgan fingerprint density at radius 1 is 0.862 bits per heavy atom. The number of halogens is 1. The molecule has 3 nitrogen and oxygen atoms in total. The van der Waals surface area contributed by atoms with Crippen LogP contribution in [0.25, 0.3) is 0 Å². The Morgan fingerprint density at radius 3 is 2.14 bits per heavy atom. The molecule has 2 aromatic rings. The van der Waals surface area contributed by atoms with Crippen LogP contribution in [0.5, 0.6) is 0 Å². The predicted octanol–water partition coefficient (Wildman–Crippen LogP) is 6.47. The van der Waals surface area contributed by atoms with E-state index in [1.54, 1.807) is 6.07 Å². The summed E-state index contributed by atoms with van der Waals surface area (Å²) in [5.41, 5.74) is 0.690. The van der Waals surface area contributed by atoms with Gasteiger partial charge in [0.25, 0.3) is 0 Å². The lowest BCUT2D eigenvalue weighted by molar-refractivity contribution is -0.162. The first-order chi connectivity index (χ1) is 13.7. The van der Waals surface area contributed by atoms with E-state index in [1.807, 2.05) is 76.2 Å². The van der Waals surface area contributed by atoms with Gasteiger partial charge in [0.1, 0.15) is 5.60 Å². The van der Waals surface area contributed by atoms with Crippen LogP contribution in [0.1, 0.15) is 74.9 Å². The Balaban J connectivity index is 2.37. The molecule has 0 aromatic heterocycles. The van der Waals surface area contributed by atoms with Crippen molar-refractivity contribution in [2.24, 2.45) is 0 Å². The van der Waals surface area contributed by atoms with Gasteiger partial charge in [-0.1, -0.05) is 77.3 Å². The number of carbonyl (C=O) groups is 2. The summed E-state index contributed by atoms with van der Waals surface area (Å²) in [4.78, 5) is 26.1. The fourth-order valence-electron chi connectivity index (χ4n) is 3.26. The molecule has 0 spiro atoms. The van der Waals surface area contributed by atoms with Crippen LogP contribution in [0.4, 0.5) is 0 Å². The molecule has 29 heavy (non-hydrogen) atoms. The molecule has 0 aliphatic carbocycles. The lowest BCUT2D eigenvalue weighted by Gasteiger charge is -2.32. The Labute approximate surface area is 183 Å². The summed E-state index contributed by atoms with van der Waals surface area (Å²) < 4.78 is 5.77. The van der Waals surface area contributed by atoms with E-state index in [4.69, 9.17) is 4.74 Å². The number of alkyl halides is 1. The Kier molecular flexibility index (Phi) is 8.21. The molecule has 2 rings (SSSR count). The van der Waals surface area contributed by atoms with Crippen molar-refractivity contribution in [3.05, 3.63) is 71.3 Å². The summed E-state index contributed by atoms with van der Waals surface area (Å²) in [5.74, 6) is -0.286. The second-order valence-corrected chi connectivity index (χ2v) is 9.40. The van der Waals surface area contributed by atoms with Crippen LogP contribution < -0.4 is 0 Å². The molecule has 2 aromatic carbocycles. The van der Waals surface area contributed by atoms with E-state index in [0.717, 1.165) is 30.2 Å². The summed E-state index contributed by atoms with van der Waals surface area (Å²) in [6.07, 6.45) is 3.69. The van der Waals surface area contributed by atoms with Gasteiger partial charge in [-0.25, -0.2) is 0 Å². The maximum absolute atomic E-state index is 13.2. The van der Waals surface area contributed by atoms with Crippen molar-refractivity contribution in [1.82, 2.24) is 0 Å². The summed E-state index contributed by atoms with van der Waals surface area (Å²) in [7, 11) is 0. The van der Waals surface area contributed by atoms with Gasteiger partial charge in [-0.2, -0.15) is 0 Å². The smallest absolute Gasteiger partial charge is 0.316 e. The third-order valence-electron chi connectivity index (χ3n) is 4.96. The SMILES string of the molecule is CC(C)(C)OC(=O)C(C)(CCCCCBr)c1cccc(C(=O)c2ccccc2)c1. The molecule has 0 saturated heterocycles. The molecule has 0 fully saturated rings. The number of benzene rings is 2. The Hall–Kier alpha value is -1.94. The molecule has 4 heteroatoms. The first-order valence-electron chi connectivity index (χ1n) is 10.2. The van der Waals surface area contributed by atoms with Crippen molar-refractivity contribution < 1.29 is 14.3 Å². The van der Waals surface area contributed by atoms with Gasteiger partial charge >= 0.3 is 5.97 Å². The molecular formula is C25H31BrO3. The van der Waals surface area contributed by atoms with E-state index in [-0.39, 0.29) is 11.8 Å². The van der Waals surface area contributed by atoms with E-state index < -0.39 is 11.0 Å². The molecule has 0 heterocycles. The standard InChI is InChI=1S/C25H31BrO3/c1-24(2,3)29-23(28)25(4,16-9-6-10-17-26)21-15-11-14-20(18-21)22(27)19-12-7-5-8-13-19/h5,7-8,11-15,18H,6,9-10,16-17H2,1-4H3. The lowest BCUT2D eigenvalue weighted by Crippen LogP contribution is -2.39. The highest BCUT2D eigenvalue weighted by Gasteiger charge is 2.38. The quantitative estimate of drug-likeness (QED) is 0.187. The van der Waals surface area contributed by atoms with Crippen molar-refractivity contribution in [3.8, 4) is 0 Å². The molecule has 0 saturated carbocycles. The number of hydrogen-bond donors (Lipinski definition) is 0. The van der Waals surface area contributed by atoms with Crippen LogP contribution in [0.3, 0.4) is 0 Å². The fraction of sp³-hybridized carbons (Fsp3) is 0.440. The number of rotatable bonds is 9. The van der Waals surface area contributed by atoms with Crippen molar-refractivity contribution in [2.45, 2.75) is 64.4 Å². The molecule has 156 valence electrons. The summed E-state index contributed by atoms with van der Waals surface area (Å²) in [5, 5.41) is 0.956. The minimum absolute atomic E-state index is 0.0433. The van der Waals surface area contributed by atoms with Gasteiger partial charge < -0.3 is 4.74 Å². The minimum Gasteiger partial charge on any atom is -0.459 e. The molecule has 0 N–H and O–H groups in total. The first-order valence-corrected chi connectivity index (χ1v) is 11.3. The maximum atomic E-state index is 13.2. The van der Waals surface area contributed by atoms with Gasteiger partial charge in [0.2, 0.25) is 0 Å². The molecule has 0 aliphatic rings. The Morgan fingerprint density at radius 2 is 1.52 bits per heavy atom. The minimum atomic E-state index is -0.799. The molecule has 0 bridgehead atoms. The predicted molar refractivity (Wildman–Crippen MR) is 122 cm³/mol. The molecular weight excluding hydrogens is 428 g/mol.